The molecule has 2 aliphatic heterocycles. The number of cyclic esters (lactones) is 1. The van der Waals surface area contributed by atoms with Gasteiger partial charge in [0.25, 0.3) is 5.91 Å². The maximum Gasteiger partial charge on any atom is 0.414 e. The highest BCUT2D eigenvalue weighted by molar-refractivity contribution is 5.95. The highest BCUT2D eigenvalue weighted by atomic mass is 19.1. The number of hydrogen-bond acceptors (Lipinski definition) is 9. The number of carbonyl (C=O) groups excluding carboxylic acids is 4. The number of rotatable bonds is 8. The van der Waals surface area contributed by atoms with Crippen LogP contribution >= 0.6 is 0 Å². The van der Waals surface area contributed by atoms with Gasteiger partial charge in [0.15, 0.2) is 17.3 Å². The molecular formula is C27H29F2N7O6. The molecule has 1 N–H and O–H groups in total. The van der Waals surface area contributed by atoms with Crippen molar-refractivity contribution in [1.29, 1.82) is 0 Å². The van der Waals surface area contributed by atoms with E-state index < -0.39 is 35.7 Å². The molecule has 0 radical (unpaired) electrons. The van der Waals surface area contributed by atoms with Crippen LogP contribution in [-0.4, -0.2) is 95.6 Å². The molecule has 3 aromatic rings. The lowest BCUT2D eigenvalue weighted by atomic mass is 10.1. The molecule has 4 heterocycles. The number of methoxy groups -OCH3 is 1. The predicted octanol–water partition coefficient (Wildman–Crippen LogP) is 1.75. The molecule has 1 aromatic carbocycles. The number of ether oxygens (including phenoxy) is 2. The SMILES string of the molecule is COC(=O)CC[C@H]1CN(c2cc(F)c(N3CCCN(C(=O)CNC(=O)c4cn5ccncc5n4)CC3)c(F)c2)C(=O)O1. The zero-order valence-corrected chi connectivity index (χ0v) is 22.8. The average molecular weight is 586 g/mol. The van der Waals surface area contributed by atoms with Gasteiger partial charge in [-0.05, 0) is 12.8 Å². The summed E-state index contributed by atoms with van der Waals surface area (Å²) in [6.07, 6.45) is 5.60. The number of halogens is 2. The first-order chi connectivity index (χ1) is 20.2. The molecule has 5 rings (SSSR count). The van der Waals surface area contributed by atoms with Crippen LogP contribution in [0.3, 0.4) is 0 Å². The van der Waals surface area contributed by atoms with E-state index >= 15 is 8.78 Å². The fraction of sp³-hybridized carbons (Fsp3) is 0.407. The van der Waals surface area contributed by atoms with Crippen LogP contribution in [0.1, 0.15) is 29.8 Å². The van der Waals surface area contributed by atoms with Crippen LogP contribution in [0.15, 0.2) is 36.9 Å². The summed E-state index contributed by atoms with van der Waals surface area (Å²) in [6.45, 7) is 0.775. The summed E-state index contributed by atoms with van der Waals surface area (Å²) < 4.78 is 41.9. The maximum atomic E-state index is 15.2. The number of hydrogen-bond donors (Lipinski definition) is 1. The molecule has 42 heavy (non-hydrogen) atoms. The van der Waals surface area contributed by atoms with Gasteiger partial charge in [-0.1, -0.05) is 0 Å². The number of aromatic nitrogens is 3. The minimum absolute atomic E-state index is 0.00329. The Kier molecular flexibility index (Phi) is 8.45. The van der Waals surface area contributed by atoms with E-state index in [2.05, 4.69) is 20.0 Å². The number of imidazole rings is 1. The molecule has 3 amide bonds. The van der Waals surface area contributed by atoms with Gasteiger partial charge >= 0.3 is 12.1 Å². The van der Waals surface area contributed by atoms with E-state index in [0.29, 0.717) is 25.2 Å². The number of carbonyl (C=O) groups is 4. The number of esters is 1. The Morgan fingerprint density at radius 1 is 1.14 bits per heavy atom. The molecule has 0 bridgehead atoms. The molecule has 222 valence electrons. The molecule has 2 saturated heterocycles. The fourth-order valence-corrected chi connectivity index (χ4v) is 4.97. The quantitative estimate of drug-likeness (QED) is 0.392. The molecule has 13 nitrogen and oxygen atoms in total. The van der Waals surface area contributed by atoms with Gasteiger partial charge in [0.1, 0.15) is 17.5 Å². The lowest BCUT2D eigenvalue weighted by molar-refractivity contribution is -0.141. The molecule has 2 aliphatic rings. The third-order valence-electron chi connectivity index (χ3n) is 7.15. The summed E-state index contributed by atoms with van der Waals surface area (Å²) >= 11 is 0. The summed E-state index contributed by atoms with van der Waals surface area (Å²) in [6, 6.07) is 2.14. The van der Waals surface area contributed by atoms with Crippen LogP contribution < -0.4 is 15.1 Å². The van der Waals surface area contributed by atoms with Crippen molar-refractivity contribution in [3.8, 4) is 0 Å². The van der Waals surface area contributed by atoms with Gasteiger partial charge in [-0.3, -0.25) is 24.3 Å². The zero-order chi connectivity index (χ0) is 29.8. The highest BCUT2D eigenvalue weighted by Crippen LogP contribution is 2.32. The second-order valence-electron chi connectivity index (χ2n) is 9.86. The minimum Gasteiger partial charge on any atom is -0.469 e. The molecule has 15 heteroatoms. The Hall–Kier alpha value is -4.82. The Balaban J connectivity index is 1.17. The Bertz CT molecular complexity index is 1460. The molecule has 1 atom stereocenters. The van der Waals surface area contributed by atoms with Crippen molar-refractivity contribution in [1.82, 2.24) is 24.6 Å². The number of amides is 3. The van der Waals surface area contributed by atoms with Gasteiger partial charge in [-0.2, -0.15) is 0 Å². The molecule has 0 spiro atoms. The third-order valence-corrected chi connectivity index (χ3v) is 7.15. The Morgan fingerprint density at radius 3 is 2.67 bits per heavy atom. The van der Waals surface area contributed by atoms with Crippen molar-refractivity contribution < 1.29 is 37.4 Å². The molecule has 2 aromatic heterocycles. The van der Waals surface area contributed by atoms with Gasteiger partial charge in [0.05, 0.1) is 32.1 Å². The van der Waals surface area contributed by atoms with E-state index in [1.165, 1.54) is 29.3 Å². The van der Waals surface area contributed by atoms with Crippen LogP contribution in [0.5, 0.6) is 0 Å². The molecular weight excluding hydrogens is 556 g/mol. The van der Waals surface area contributed by atoms with Crippen molar-refractivity contribution >= 4 is 40.9 Å². The summed E-state index contributed by atoms with van der Waals surface area (Å²) in [5.41, 5.74) is 0.390. The van der Waals surface area contributed by atoms with Crippen LogP contribution in [0.2, 0.25) is 0 Å². The number of anilines is 2. The van der Waals surface area contributed by atoms with Crippen molar-refractivity contribution in [2.75, 3.05) is 56.2 Å². The molecule has 0 saturated carbocycles. The summed E-state index contributed by atoms with van der Waals surface area (Å²) in [5.74, 6) is -3.00. The minimum atomic E-state index is -0.856. The van der Waals surface area contributed by atoms with E-state index in [4.69, 9.17) is 4.74 Å². The normalized spacial score (nSPS) is 17.3. The maximum absolute atomic E-state index is 15.2. The Labute approximate surface area is 239 Å². The molecule has 0 unspecified atom stereocenters. The van der Waals surface area contributed by atoms with Gasteiger partial charge in [-0.15, -0.1) is 0 Å². The van der Waals surface area contributed by atoms with E-state index in [-0.39, 0.29) is 62.0 Å². The smallest absolute Gasteiger partial charge is 0.414 e. The monoisotopic (exact) mass is 585 g/mol. The fourth-order valence-electron chi connectivity index (χ4n) is 4.97. The second-order valence-corrected chi connectivity index (χ2v) is 9.86. The first kappa shape index (κ1) is 28.7. The van der Waals surface area contributed by atoms with Crippen molar-refractivity contribution in [2.24, 2.45) is 0 Å². The largest absolute Gasteiger partial charge is 0.469 e. The summed E-state index contributed by atoms with van der Waals surface area (Å²) in [7, 11) is 1.26. The van der Waals surface area contributed by atoms with E-state index in [1.807, 2.05) is 0 Å². The number of nitrogens with one attached hydrogen (secondary N) is 1. The van der Waals surface area contributed by atoms with Crippen LogP contribution in [0.25, 0.3) is 5.65 Å². The van der Waals surface area contributed by atoms with Crippen molar-refractivity contribution in [2.45, 2.75) is 25.4 Å². The van der Waals surface area contributed by atoms with Gasteiger partial charge in [0, 0.05) is 63.3 Å². The van der Waals surface area contributed by atoms with E-state index in [1.54, 1.807) is 16.8 Å². The topological polar surface area (TPSA) is 139 Å². The number of nitrogens with zero attached hydrogens (tertiary/aromatic N) is 6. The third kappa shape index (κ3) is 6.24. The Morgan fingerprint density at radius 2 is 1.93 bits per heavy atom. The highest BCUT2D eigenvalue weighted by Gasteiger charge is 2.34. The van der Waals surface area contributed by atoms with Gasteiger partial charge in [0.2, 0.25) is 5.91 Å². The standard InChI is InChI=1S/C27H29F2N7O6/c1-41-24(38)4-3-18-15-36(27(40)42-18)17-11-19(28)25(20(29)12-17)34-7-2-6-33(9-10-34)23(37)14-31-26(39)21-16-35-8-5-30-13-22(35)32-21/h5,8,11-13,16,18H,2-4,6-7,9-10,14-15H2,1H3,(H,31,39)/t18-/m0/s1. The molecule has 2 fully saturated rings. The first-order valence-electron chi connectivity index (χ1n) is 13.4. The van der Waals surface area contributed by atoms with Crippen molar-refractivity contribution in [3.63, 3.8) is 0 Å². The zero-order valence-electron chi connectivity index (χ0n) is 22.8. The van der Waals surface area contributed by atoms with E-state index in [9.17, 15) is 19.2 Å². The van der Waals surface area contributed by atoms with Crippen LogP contribution in [-0.2, 0) is 19.1 Å². The predicted molar refractivity (Wildman–Crippen MR) is 144 cm³/mol. The summed E-state index contributed by atoms with van der Waals surface area (Å²) in [4.78, 5) is 61.3. The molecule has 0 aliphatic carbocycles. The van der Waals surface area contributed by atoms with Crippen LogP contribution in [0, 0.1) is 11.6 Å². The summed E-state index contributed by atoms with van der Waals surface area (Å²) in [5, 5.41) is 2.57. The van der Waals surface area contributed by atoms with Crippen LogP contribution in [0.4, 0.5) is 25.0 Å². The number of benzene rings is 1. The lowest BCUT2D eigenvalue weighted by Crippen LogP contribution is -2.42. The lowest BCUT2D eigenvalue weighted by Gasteiger charge is -2.25. The van der Waals surface area contributed by atoms with E-state index in [0.717, 1.165) is 17.0 Å². The van der Waals surface area contributed by atoms with Crippen molar-refractivity contribution in [3.05, 3.63) is 54.2 Å². The average Bonchev–Trinajstić information content (AvgIpc) is 3.50. The van der Waals surface area contributed by atoms with Gasteiger partial charge < -0.3 is 29.0 Å². The number of fused-ring (bicyclic) bond motifs is 1. The van der Waals surface area contributed by atoms with Gasteiger partial charge in [-0.25, -0.2) is 18.6 Å². The first-order valence-corrected chi connectivity index (χ1v) is 13.4. The second kappa shape index (κ2) is 12.4.